The van der Waals surface area contributed by atoms with Crippen LogP contribution in [-0.2, 0) is 0 Å². The van der Waals surface area contributed by atoms with Crippen LogP contribution in [0.1, 0.15) is 52.9 Å². The van der Waals surface area contributed by atoms with Crippen LogP contribution in [0.2, 0.25) is 0 Å². The zero-order valence-corrected chi connectivity index (χ0v) is 14.5. The average Bonchev–Trinajstić information content (AvgIpc) is 2.46. The third kappa shape index (κ3) is 4.31. The van der Waals surface area contributed by atoms with Crippen LogP contribution in [0.15, 0.2) is 0 Å². The first kappa shape index (κ1) is 16.0. The number of hydrogen-bond acceptors (Lipinski definition) is 3. The van der Waals surface area contributed by atoms with Gasteiger partial charge in [0.1, 0.15) is 0 Å². The van der Waals surface area contributed by atoms with Gasteiger partial charge >= 0.3 is 0 Å². The van der Waals surface area contributed by atoms with Gasteiger partial charge in [0.15, 0.2) is 0 Å². The van der Waals surface area contributed by atoms with E-state index in [1.54, 1.807) is 0 Å². The molecule has 0 bridgehead atoms. The summed E-state index contributed by atoms with van der Waals surface area (Å²) >= 11 is 4.42. The van der Waals surface area contributed by atoms with Crippen LogP contribution in [0.25, 0.3) is 0 Å². The summed E-state index contributed by atoms with van der Waals surface area (Å²) in [5.41, 5.74) is 0. The molecule has 0 radical (unpaired) electrons. The van der Waals surface area contributed by atoms with Crippen molar-refractivity contribution < 1.29 is 0 Å². The van der Waals surface area contributed by atoms with Crippen LogP contribution in [0, 0.1) is 11.8 Å². The normalized spacial score (nSPS) is 38.1. The third-order valence-corrected chi connectivity index (χ3v) is 8.22. The van der Waals surface area contributed by atoms with E-state index in [1.807, 2.05) is 0 Å². The Bertz CT molecular complexity index is 251. The van der Waals surface area contributed by atoms with Crippen molar-refractivity contribution in [2.45, 2.75) is 69.4 Å². The zero-order chi connectivity index (χ0) is 13.7. The Morgan fingerprint density at radius 2 is 1.74 bits per heavy atom. The predicted octanol–water partition coefficient (Wildman–Crippen LogP) is 4.42. The largest absolute Gasteiger partial charge is 0.313 e. The monoisotopic (exact) mass is 301 g/mol. The van der Waals surface area contributed by atoms with Gasteiger partial charge < -0.3 is 5.32 Å². The molecule has 2 fully saturated rings. The molecule has 1 aliphatic carbocycles. The summed E-state index contributed by atoms with van der Waals surface area (Å²) in [6, 6.07) is 0.760. The van der Waals surface area contributed by atoms with Crippen molar-refractivity contribution in [3.63, 3.8) is 0 Å². The molecular formula is C16H31NS2. The Hall–Kier alpha value is 0.660. The van der Waals surface area contributed by atoms with E-state index in [4.69, 9.17) is 0 Å². The van der Waals surface area contributed by atoms with Gasteiger partial charge in [0, 0.05) is 28.0 Å². The van der Waals surface area contributed by atoms with Gasteiger partial charge in [0.2, 0.25) is 0 Å². The van der Waals surface area contributed by atoms with E-state index < -0.39 is 0 Å². The highest BCUT2D eigenvalue weighted by molar-refractivity contribution is 8.07. The summed E-state index contributed by atoms with van der Waals surface area (Å²) in [7, 11) is 0. The van der Waals surface area contributed by atoms with Crippen molar-refractivity contribution in [1.29, 1.82) is 0 Å². The van der Waals surface area contributed by atoms with Crippen LogP contribution in [0.4, 0.5) is 0 Å². The lowest BCUT2D eigenvalue weighted by Gasteiger charge is -2.41. The highest BCUT2D eigenvalue weighted by Crippen LogP contribution is 2.40. The number of nitrogens with one attached hydrogen (secondary N) is 1. The standard InChI is InChI=1S/C16H31NS2/c1-4-13-6-8-14(9-7-13)15(17-5-2)16-12(3)18-10-11-19-16/h12-17H,4-11H2,1-3H3. The molecule has 1 nitrogen and oxygen atoms in total. The molecule has 3 atom stereocenters. The molecule has 112 valence electrons. The average molecular weight is 302 g/mol. The van der Waals surface area contributed by atoms with E-state index in [2.05, 4.69) is 49.6 Å². The molecule has 19 heavy (non-hydrogen) atoms. The summed E-state index contributed by atoms with van der Waals surface area (Å²) in [6.45, 7) is 8.22. The van der Waals surface area contributed by atoms with E-state index in [0.717, 1.165) is 34.9 Å². The van der Waals surface area contributed by atoms with E-state index in [9.17, 15) is 0 Å². The van der Waals surface area contributed by atoms with Crippen molar-refractivity contribution >= 4 is 23.5 Å². The summed E-state index contributed by atoms with van der Waals surface area (Å²) in [4.78, 5) is 0. The second-order valence-corrected chi connectivity index (χ2v) is 8.95. The fourth-order valence-corrected chi connectivity index (χ4v) is 6.83. The van der Waals surface area contributed by atoms with Gasteiger partial charge in [-0.05, 0) is 31.2 Å². The molecule has 1 N–H and O–H groups in total. The molecule has 3 heteroatoms. The van der Waals surface area contributed by atoms with Crippen LogP contribution < -0.4 is 5.32 Å². The van der Waals surface area contributed by atoms with Gasteiger partial charge in [-0.25, -0.2) is 0 Å². The van der Waals surface area contributed by atoms with E-state index in [1.165, 1.54) is 43.6 Å². The van der Waals surface area contributed by atoms with Gasteiger partial charge in [0.05, 0.1) is 0 Å². The van der Waals surface area contributed by atoms with Gasteiger partial charge in [-0.1, -0.05) is 40.0 Å². The summed E-state index contributed by atoms with van der Waals surface area (Å²) < 4.78 is 0. The number of thioether (sulfide) groups is 2. The quantitative estimate of drug-likeness (QED) is 0.807. The lowest BCUT2D eigenvalue weighted by molar-refractivity contribution is 0.215. The molecule has 0 aromatic carbocycles. The van der Waals surface area contributed by atoms with Gasteiger partial charge in [0.25, 0.3) is 0 Å². The molecule has 0 amide bonds. The van der Waals surface area contributed by atoms with Crippen molar-refractivity contribution in [3.8, 4) is 0 Å². The van der Waals surface area contributed by atoms with Crippen LogP contribution in [-0.4, -0.2) is 34.6 Å². The first-order valence-electron chi connectivity index (χ1n) is 8.22. The molecular weight excluding hydrogens is 270 g/mol. The Morgan fingerprint density at radius 1 is 1.05 bits per heavy atom. The molecule has 0 aromatic heterocycles. The predicted molar refractivity (Wildman–Crippen MR) is 91.4 cm³/mol. The van der Waals surface area contributed by atoms with E-state index in [0.29, 0.717) is 0 Å². The Labute approximate surface area is 128 Å². The summed E-state index contributed by atoms with van der Waals surface area (Å²) in [5, 5.41) is 5.51. The van der Waals surface area contributed by atoms with Crippen molar-refractivity contribution in [2.75, 3.05) is 18.1 Å². The number of rotatable bonds is 5. The first-order chi connectivity index (χ1) is 9.26. The maximum absolute atomic E-state index is 3.85. The first-order valence-corrected chi connectivity index (χ1v) is 10.3. The summed E-state index contributed by atoms with van der Waals surface area (Å²) in [6.07, 6.45) is 7.27. The Morgan fingerprint density at radius 3 is 2.32 bits per heavy atom. The van der Waals surface area contributed by atoms with E-state index in [-0.39, 0.29) is 0 Å². The lowest BCUT2D eigenvalue weighted by atomic mass is 9.76. The third-order valence-electron chi connectivity index (χ3n) is 5.01. The molecule has 2 aliphatic rings. The minimum absolute atomic E-state index is 0.760. The van der Waals surface area contributed by atoms with Crippen LogP contribution in [0.5, 0.6) is 0 Å². The maximum Gasteiger partial charge on any atom is 0.0320 e. The lowest BCUT2D eigenvalue weighted by Crippen LogP contribution is -2.49. The molecule has 1 heterocycles. The highest BCUT2D eigenvalue weighted by atomic mass is 32.2. The van der Waals surface area contributed by atoms with Crippen molar-refractivity contribution in [2.24, 2.45) is 11.8 Å². The molecule has 1 saturated heterocycles. The molecule has 0 aromatic rings. The van der Waals surface area contributed by atoms with Crippen molar-refractivity contribution in [1.82, 2.24) is 5.32 Å². The highest BCUT2D eigenvalue weighted by Gasteiger charge is 2.36. The Kier molecular flexibility index (Phi) is 6.91. The second-order valence-electron chi connectivity index (χ2n) is 6.18. The van der Waals surface area contributed by atoms with Gasteiger partial charge in [-0.15, -0.1) is 0 Å². The molecule has 1 saturated carbocycles. The number of hydrogen-bond donors (Lipinski definition) is 1. The molecule has 0 spiro atoms. The summed E-state index contributed by atoms with van der Waals surface area (Å²) in [5.74, 6) is 4.65. The SMILES string of the molecule is CCNC(C1CCC(CC)CC1)C1SCCSC1C. The van der Waals surface area contributed by atoms with E-state index >= 15 is 0 Å². The molecule has 2 rings (SSSR count). The minimum atomic E-state index is 0.760. The second kappa shape index (κ2) is 8.19. The maximum atomic E-state index is 3.85. The van der Waals surface area contributed by atoms with Crippen LogP contribution >= 0.6 is 23.5 Å². The fraction of sp³-hybridized carbons (Fsp3) is 1.00. The molecule has 3 unspecified atom stereocenters. The van der Waals surface area contributed by atoms with Crippen molar-refractivity contribution in [3.05, 3.63) is 0 Å². The van der Waals surface area contributed by atoms with Crippen LogP contribution in [0.3, 0.4) is 0 Å². The fourth-order valence-electron chi connectivity index (χ4n) is 3.79. The minimum Gasteiger partial charge on any atom is -0.313 e. The Balaban J connectivity index is 1.95. The topological polar surface area (TPSA) is 12.0 Å². The molecule has 1 aliphatic heterocycles. The zero-order valence-electron chi connectivity index (χ0n) is 12.9. The smallest absolute Gasteiger partial charge is 0.0320 e. The van der Waals surface area contributed by atoms with Gasteiger partial charge in [-0.2, -0.15) is 23.5 Å². The van der Waals surface area contributed by atoms with Gasteiger partial charge in [-0.3, -0.25) is 0 Å².